The molecule has 1 N–H and O–H groups in total. The minimum Gasteiger partial charge on any atom is -0.476 e. The maximum atomic E-state index is 12.7. The first kappa shape index (κ1) is 21.7. The third-order valence-corrected chi connectivity index (χ3v) is 5.25. The van der Waals surface area contributed by atoms with Crippen LogP contribution in [0.2, 0.25) is 0 Å². The number of methoxy groups -OCH3 is 1. The van der Waals surface area contributed by atoms with E-state index in [9.17, 15) is 9.18 Å². The van der Waals surface area contributed by atoms with Gasteiger partial charge in [0.25, 0.3) is 5.91 Å². The van der Waals surface area contributed by atoms with Gasteiger partial charge in [0.15, 0.2) is 6.86 Å². The number of rotatable bonds is 11. The van der Waals surface area contributed by atoms with Gasteiger partial charge >= 0.3 is 0 Å². The van der Waals surface area contributed by atoms with Crippen molar-refractivity contribution in [3.05, 3.63) is 17.8 Å². The fraction of sp³-hybridized carbons (Fsp3) is 0.700. The first-order valence-electron chi connectivity index (χ1n) is 9.95. The van der Waals surface area contributed by atoms with Crippen LogP contribution in [0.3, 0.4) is 0 Å². The Morgan fingerprint density at radius 1 is 1.38 bits per heavy atom. The number of aromatic nitrogens is 1. The molecule has 2 aliphatic rings. The molecule has 29 heavy (non-hydrogen) atoms. The molecule has 0 aliphatic carbocycles. The fourth-order valence-corrected chi connectivity index (χ4v) is 3.08. The fourth-order valence-electron chi connectivity index (χ4n) is 3.08. The van der Waals surface area contributed by atoms with Crippen molar-refractivity contribution in [2.75, 3.05) is 58.4 Å². The number of nitrogens with zero attached hydrogens (tertiary/aromatic N) is 2. The van der Waals surface area contributed by atoms with Crippen molar-refractivity contribution in [1.29, 1.82) is 0 Å². The summed E-state index contributed by atoms with van der Waals surface area (Å²) in [4.78, 5) is 19.3. The number of halogens is 1. The Labute approximate surface area is 170 Å². The second kappa shape index (κ2) is 10.2. The van der Waals surface area contributed by atoms with E-state index in [0.29, 0.717) is 31.6 Å². The molecule has 8 nitrogen and oxygen atoms in total. The van der Waals surface area contributed by atoms with Gasteiger partial charge in [-0.3, -0.25) is 4.79 Å². The highest BCUT2D eigenvalue weighted by molar-refractivity contribution is 5.93. The van der Waals surface area contributed by atoms with Crippen LogP contribution in [0.15, 0.2) is 12.1 Å². The van der Waals surface area contributed by atoms with Gasteiger partial charge in [0, 0.05) is 26.1 Å². The molecule has 2 fully saturated rings. The van der Waals surface area contributed by atoms with Gasteiger partial charge in [0.1, 0.15) is 11.4 Å². The highest BCUT2D eigenvalue weighted by Crippen LogP contribution is 2.31. The average Bonchev–Trinajstić information content (AvgIpc) is 2.63. The van der Waals surface area contributed by atoms with E-state index in [1.807, 2.05) is 19.9 Å². The Balaban J connectivity index is 1.71. The number of hydrogen-bond donors (Lipinski definition) is 1. The molecular formula is C20H30FN3O5. The minimum absolute atomic E-state index is 0.0891. The van der Waals surface area contributed by atoms with Crippen LogP contribution in [0, 0.1) is 11.8 Å². The number of alkyl halides is 1. The largest absolute Gasteiger partial charge is 0.476 e. The van der Waals surface area contributed by atoms with Crippen molar-refractivity contribution in [1.82, 2.24) is 10.3 Å². The number of carbonyl (C=O) groups is 1. The second-order valence-electron chi connectivity index (χ2n) is 7.80. The summed E-state index contributed by atoms with van der Waals surface area (Å²) in [6, 6.07) is 3.22. The molecule has 0 radical (unpaired) electrons. The topological polar surface area (TPSA) is 82.2 Å². The second-order valence-corrected chi connectivity index (χ2v) is 7.80. The smallest absolute Gasteiger partial charge is 0.270 e. The number of hydrogen-bond acceptors (Lipinski definition) is 7. The van der Waals surface area contributed by atoms with E-state index >= 15 is 0 Å². The Morgan fingerprint density at radius 2 is 2.14 bits per heavy atom. The van der Waals surface area contributed by atoms with Crippen molar-refractivity contribution in [3.8, 4) is 5.88 Å². The summed E-state index contributed by atoms with van der Waals surface area (Å²) in [7, 11) is 1.69. The maximum absolute atomic E-state index is 12.7. The number of ether oxygens (including phenoxy) is 4. The number of amides is 1. The highest BCUT2D eigenvalue weighted by atomic mass is 19.1. The number of nitrogens with one attached hydrogen (secondary N) is 1. The summed E-state index contributed by atoms with van der Waals surface area (Å²) in [5, 5.41) is 2.87. The summed E-state index contributed by atoms with van der Waals surface area (Å²) >= 11 is 0. The van der Waals surface area contributed by atoms with Crippen molar-refractivity contribution in [2.45, 2.75) is 26.0 Å². The first-order valence-corrected chi connectivity index (χ1v) is 9.95. The average molecular weight is 411 g/mol. The SMILES string of the molecule is COC1CN(c2ccc(C(=O)NC(COCF)C(C)C)nc2OCC2COC2)C1. The van der Waals surface area contributed by atoms with Gasteiger partial charge in [-0.05, 0) is 18.1 Å². The molecular weight excluding hydrogens is 381 g/mol. The van der Waals surface area contributed by atoms with Crippen LogP contribution < -0.4 is 15.0 Å². The quantitative estimate of drug-likeness (QED) is 0.593. The van der Waals surface area contributed by atoms with Crippen LogP contribution in [0.1, 0.15) is 24.3 Å². The van der Waals surface area contributed by atoms with Gasteiger partial charge in [0.05, 0.1) is 38.6 Å². The molecule has 1 amide bonds. The molecule has 3 rings (SSSR count). The molecule has 2 saturated heterocycles. The van der Waals surface area contributed by atoms with Crippen molar-refractivity contribution < 1.29 is 28.1 Å². The summed E-state index contributed by atoms with van der Waals surface area (Å²) in [5.41, 5.74) is 1.10. The molecule has 0 saturated carbocycles. The zero-order valence-corrected chi connectivity index (χ0v) is 17.2. The predicted molar refractivity (Wildman–Crippen MR) is 105 cm³/mol. The van der Waals surface area contributed by atoms with Crippen LogP contribution >= 0.6 is 0 Å². The molecule has 2 aliphatic heterocycles. The molecule has 0 aromatic carbocycles. The molecule has 1 aromatic heterocycles. The monoisotopic (exact) mass is 411 g/mol. The van der Waals surface area contributed by atoms with Crippen molar-refractivity contribution >= 4 is 11.6 Å². The van der Waals surface area contributed by atoms with Crippen LogP contribution in [0.25, 0.3) is 0 Å². The summed E-state index contributed by atoms with van der Waals surface area (Å²) in [6.07, 6.45) is 0.188. The standard InChI is InChI=1S/C20H30FN3O5/c1-13(2)17(11-28-12-21)22-19(25)16-4-5-18(24-6-15(7-24)26-3)20(23-16)29-10-14-8-27-9-14/h4-5,13-15,17H,6-12H2,1-3H3,(H,22,25). The minimum atomic E-state index is -0.882. The van der Waals surface area contributed by atoms with Crippen LogP contribution in [0.4, 0.5) is 10.1 Å². The highest BCUT2D eigenvalue weighted by Gasteiger charge is 2.30. The normalized spacial score (nSPS) is 18.3. The van der Waals surface area contributed by atoms with Gasteiger partial charge in [0.2, 0.25) is 5.88 Å². The number of pyridine rings is 1. The van der Waals surface area contributed by atoms with E-state index in [2.05, 4.69) is 15.2 Å². The van der Waals surface area contributed by atoms with Crippen molar-refractivity contribution in [3.63, 3.8) is 0 Å². The zero-order valence-electron chi connectivity index (χ0n) is 17.2. The van der Waals surface area contributed by atoms with E-state index in [0.717, 1.165) is 18.8 Å². The number of anilines is 1. The van der Waals surface area contributed by atoms with E-state index in [4.69, 9.17) is 18.9 Å². The number of carbonyl (C=O) groups excluding carboxylic acids is 1. The molecule has 0 bridgehead atoms. The van der Waals surface area contributed by atoms with Crippen LogP contribution in [-0.2, 0) is 14.2 Å². The molecule has 1 unspecified atom stereocenters. The molecule has 3 heterocycles. The van der Waals surface area contributed by atoms with E-state index in [1.54, 1.807) is 13.2 Å². The van der Waals surface area contributed by atoms with E-state index < -0.39 is 6.86 Å². The summed E-state index contributed by atoms with van der Waals surface area (Å²) < 4.78 is 33.7. The predicted octanol–water partition coefficient (Wildman–Crippen LogP) is 1.64. The molecule has 0 spiro atoms. The molecule has 1 aromatic rings. The van der Waals surface area contributed by atoms with Gasteiger partial charge in [-0.25, -0.2) is 9.37 Å². The Hall–Kier alpha value is -1.97. The summed E-state index contributed by atoms with van der Waals surface area (Å²) in [5.74, 6) is 0.521. The third kappa shape index (κ3) is 5.55. The summed E-state index contributed by atoms with van der Waals surface area (Å²) in [6.45, 7) is 6.45. The van der Waals surface area contributed by atoms with E-state index in [1.165, 1.54) is 0 Å². The van der Waals surface area contributed by atoms with Gasteiger partial charge in [-0.15, -0.1) is 0 Å². The lowest BCUT2D eigenvalue weighted by Gasteiger charge is -2.40. The first-order chi connectivity index (χ1) is 14.0. The lowest BCUT2D eigenvalue weighted by Crippen LogP contribution is -2.52. The van der Waals surface area contributed by atoms with Crippen molar-refractivity contribution in [2.24, 2.45) is 11.8 Å². The van der Waals surface area contributed by atoms with Crippen LogP contribution in [0.5, 0.6) is 5.88 Å². The maximum Gasteiger partial charge on any atom is 0.270 e. The van der Waals surface area contributed by atoms with Gasteiger partial charge in [-0.2, -0.15) is 0 Å². The lowest BCUT2D eigenvalue weighted by atomic mass is 10.1. The van der Waals surface area contributed by atoms with Crippen LogP contribution in [-0.4, -0.2) is 76.5 Å². The molecule has 1 atom stereocenters. The lowest BCUT2D eigenvalue weighted by molar-refractivity contribution is -0.0514. The Kier molecular flexibility index (Phi) is 7.63. The van der Waals surface area contributed by atoms with E-state index in [-0.39, 0.29) is 36.3 Å². The third-order valence-electron chi connectivity index (χ3n) is 5.25. The molecule has 9 heteroatoms. The van der Waals surface area contributed by atoms with Gasteiger partial charge in [-0.1, -0.05) is 13.8 Å². The molecule has 162 valence electrons. The van der Waals surface area contributed by atoms with Gasteiger partial charge < -0.3 is 29.2 Å². The Bertz CT molecular complexity index is 680. The Morgan fingerprint density at radius 3 is 2.72 bits per heavy atom. The zero-order chi connectivity index (χ0) is 20.8.